The number of carbonyl (C=O) groups excluding carboxylic acids is 1. The third-order valence-electron chi connectivity index (χ3n) is 6.42. The molecule has 1 saturated heterocycles. The molecule has 1 aliphatic heterocycles. The van der Waals surface area contributed by atoms with Crippen molar-refractivity contribution in [1.29, 1.82) is 0 Å². The van der Waals surface area contributed by atoms with Crippen molar-refractivity contribution in [2.75, 3.05) is 18.4 Å². The van der Waals surface area contributed by atoms with Crippen LogP contribution in [0.3, 0.4) is 0 Å². The predicted molar refractivity (Wildman–Crippen MR) is 117 cm³/mol. The number of piperidine rings is 1. The largest absolute Gasteiger partial charge is 0.417 e. The third kappa shape index (κ3) is 4.46. The summed E-state index contributed by atoms with van der Waals surface area (Å²) in [6.45, 7) is 4.65. The molecule has 0 spiro atoms. The number of pyridine rings is 2. The maximum absolute atomic E-state index is 13.7. The van der Waals surface area contributed by atoms with Gasteiger partial charge in [0.2, 0.25) is 0 Å². The lowest BCUT2D eigenvalue weighted by molar-refractivity contribution is -0.137. The SMILES string of the molecule is Cc1ccc(-n2ncc(C)n2)c(C(=O)N2C[C@@H]3C[C@@H]3C[C@H]2CNc2ccc(C(F)(F)F)cn2)n1. The molecule has 4 heterocycles. The van der Waals surface area contributed by atoms with Crippen molar-refractivity contribution in [2.24, 2.45) is 11.8 Å². The number of rotatable bonds is 5. The average molecular weight is 471 g/mol. The molecule has 8 nitrogen and oxygen atoms in total. The van der Waals surface area contributed by atoms with E-state index in [2.05, 4.69) is 25.5 Å². The third-order valence-corrected chi connectivity index (χ3v) is 6.42. The number of alkyl halides is 3. The van der Waals surface area contributed by atoms with E-state index in [0.29, 0.717) is 42.1 Å². The zero-order valence-corrected chi connectivity index (χ0v) is 18.8. The van der Waals surface area contributed by atoms with E-state index >= 15 is 0 Å². The number of likely N-dealkylation sites (tertiary alicyclic amines) is 1. The number of nitrogens with one attached hydrogen (secondary N) is 1. The van der Waals surface area contributed by atoms with Crippen LogP contribution in [0.1, 0.15) is 40.3 Å². The zero-order chi connectivity index (χ0) is 24.0. The Labute approximate surface area is 194 Å². The second-order valence-corrected chi connectivity index (χ2v) is 9.01. The number of aryl methyl sites for hydroxylation is 2. The number of aromatic nitrogens is 5. The van der Waals surface area contributed by atoms with E-state index in [1.54, 1.807) is 12.3 Å². The summed E-state index contributed by atoms with van der Waals surface area (Å²) in [6, 6.07) is 5.77. The molecule has 3 aromatic heterocycles. The molecule has 1 aliphatic carbocycles. The van der Waals surface area contributed by atoms with Gasteiger partial charge in [0.05, 0.1) is 17.5 Å². The van der Waals surface area contributed by atoms with Crippen LogP contribution < -0.4 is 5.32 Å². The van der Waals surface area contributed by atoms with E-state index < -0.39 is 11.7 Å². The van der Waals surface area contributed by atoms with E-state index in [4.69, 9.17) is 0 Å². The molecule has 3 atom stereocenters. The highest BCUT2D eigenvalue weighted by molar-refractivity contribution is 5.96. The molecule has 178 valence electrons. The Morgan fingerprint density at radius 2 is 1.91 bits per heavy atom. The number of fused-ring (bicyclic) bond motifs is 1. The summed E-state index contributed by atoms with van der Waals surface area (Å²) >= 11 is 0. The summed E-state index contributed by atoms with van der Waals surface area (Å²) < 4.78 is 38.4. The second kappa shape index (κ2) is 8.37. The molecular weight excluding hydrogens is 447 g/mol. The summed E-state index contributed by atoms with van der Waals surface area (Å²) in [7, 11) is 0. The van der Waals surface area contributed by atoms with E-state index in [1.807, 2.05) is 24.8 Å². The quantitative estimate of drug-likeness (QED) is 0.611. The Hall–Kier alpha value is -3.50. The van der Waals surface area contributed by atoms with Crippen molar-refractivity contribution in [2.45, 2.75) is 38.9 Å². The molecule has 1 amide bonds. The van der Waals surface area contributed by atoms with Crippen LogP contribution in [0.25, 0.3) is 5.69 Å². The lowest BCUT2D eigenvalue weighted by atomic mass is 10.0. The van der Waals surface area contributed by atoms with Gasteiger partial charge >= 0.3 is 6.18 Å². The number of anilines is 1. The number of hydrogen-bond acceptors (Lipinski definition) is 6. The van der Waals surface area contributed by atoms with Crippen molar-refractivity contribution in [3.63, 3.8) is 0 Å². The molecule has 0 aromatic carbocycles. The summed E-state index contributed by atoms with van der Waals surface area (Å²) in [5.41, 5.74) is 1.43. The molecule has 3 aromatic rings. The maximum Gasteiger partial charge on any atom is 0.417 e. The average Bonchev–Trinajstić information content (AvgIpc) is 3.44. The molecule has 0 bridgehead atoms. The minimum atomic E-state index is -4.43. The van der Waals surface area contributed by atoms with Crippen LogP contribution in [0.4, 0.5) is 19.0 Å². The van der Waals surface area contributed by atoms with Crippen LogP contribution in [0.2, 0.25) is 0 Å². The van der Waals surface area contributed by atoms with Gasteiger partial charge in [-0.1, -0.05) is 0 Å². The molecule has 0 unspecified atom stereocenters. The van der Waals surface area contributed by atoms with Gasteiger partial charge in [0.1, 0.15) is 11.5 Å². The highest BCUT2D eigenvalue weighted by atomic mass is 19.4. The molecule has 1 saturated carbocycles. The van der Waals surface area contributed by atoms with Gasteiger partial charge < -0.3 is 10.2 Å². The Morgan fingerprint density at radius 3 is 2.59 bits per heavy atom. The summed E-state index contributed by atoms with van der Waals surface area (Å²) in [4.78, 5) is 25.4. The second-order valence-electron chi connectivity index (χ2n) is 9.01. The molecule has 11 heteroatoms. The minimum absolute atomic E-state index is 0.136. The fourth-order valence-corrected chi connectivity index (χ4v) is 4.49. The van der Waals surface area contributed by atoms with Crippen LogP contribution in [0.5, 0.6) is 0 Å². The Bertz CT molecular complexity index is 1210. The number of halogens is 3. The van der Waals surface area contributed by atoms with Gasteiger partial charge in [0, 0.05) is 31.0 Å². The maximum atomic E-state index is 13.7. The van der Waals surface area contributed by atoms with Crippen molar-refractivity contribution >= 4 is 11.7 Å². The van der Waals surface area contributed by atoms with Crippen molar-refractivity contribution in [3.05, 3.63) is 59.3 Å². The van der Waals surface area contributed by atoms with Crippen LogP contribution >= 0.6 is 0 Å². The summed E-state index contributed by atoms with van der Waals surface area (Å²) in [6.07, 6.45) is -0.102. The topological polar surface area (TPSA) is 88.8 Å². The molecule has 2 aliphatic rings. The fraction of sp³-hybridized carbons (Fsp3) is 0.435. The van der Waals surface area contributed by atoms with Gasteiger partial charge in [-0.05, 0) is 62.8 Å². The van der Waals surface area contributed by atoms with E-state index in [0.717, 1.165) is 30.8 Å². The Balaban J connectivity index is 1.37. The molecule has 0 radical (unpaired) electrons. The predicted octanol–water partition coefficient (Wildman–Crippen LogP) is 3.66. The van der Waals surface area contributed by atoms with Crippen LogP contribution in [0.15, 0.2) is 36.7 Å². The van der Waals surface area contributed by atoms with Crippen LogP contribution in [-0.4, -0.2) is 54.9 Å². The standard InChI is InChI=1S/C23H24F3N7O/c1-13-3-5-19(33-29-9-14(2)31-33)21(30-13)22(34)32-12-16-7-15(16)8-18(32)11-28-20-6-4-17(10-27-20)23(24,25)26/h3-6,9-10,15-16,18H,7-8,11-12H2,1-2H3,(H,27,28)/t15-,16+,18+/m1/s1. The minimum Gasteiger partial charge on any atom is -0.368 e. The molecule has 2 fully saturated rings. The first kappa shape index (κ1) is 22.3. The fourth-order valence-electron chi connectivity index (χ4n) is 4.49. The monoisotopic (exact) mass is 471 g/mol. The van der Waals surface area contributed by atoms with Crippen molar-refractivity contribution in [3.8, 4) is 5.69 Å². The Kier molecular flexibility index (Phi) is 5.49. The normalized spacial score (nSPS) is 21.8. The first-order valence-corrected chi connectivity index (χ1v) is 11.1. The number of amides is 1. The van der Waals surface area contributed by atoms with Gasteiger partial charge in [0.15, 0.2) is 5.69 Å². The van der Waals surface area contributed by atoms with Gasteiger partial charge in [-0.3, -0.25) is 4.79 Å². The zero-order valence-electron chi connectivity index (χ0n) is 18.8. The molecular formula is C23H24F3N7O. The Morgan fingerprint density at radius 1 is 1.09 bits per heavy atom. The smallest absolute Gasteiger partial charge is 0.368 e. The van der Waals surface area contributed by atoms with Gasteiger partial charge in [-0.15, -0.1) is 4.80 Å². The molecule has 5 rings (SSSR count). The van der Waals surface area contributed by atoms with E-state index in [1.165, 1.54) is 10.9 Å². The van der Waals surface area contributed by atoms with E-state index in [-0.39, 0.29) is 17.6 Å². The van der Waals surface area contributed by atoms with Gasteiger partial charge in [0.25, 0.3) is 5.91 Å². The lowest BCUT2D eigenvalue weighted by Crippen LogP contribution is -2.48. The molecule has 34 heavy (non-hydrogen) atoms. The highest BCUT2D eigenvalue weighted by Gasteiger charge is 2.47. The summed E-state index contributed by atoms with van der Waals surface area (Å²) in [5, 5.41) is 11.7. The van der Waals surface area contributed by atoms with Crippen molar-refractivity contribution in [1.82, 2.24) is 29.9 Å². The summed E-state index contributed by atoms with van der Waals surface area (Å²) in [5.74, 6) is 1.18. The first-order valence-electron chi connectivity index (χ1n) is 11.1. The number of nitrogens with zero attached hydrogens (tertiary/aromatic N) is 6. The highest BCUT2D eigenvalue weighted by Crippen LogP contribution is 2.47. The molecule has 1 N–H and O–H groups in total. The first-order chi connectivity index (χ1) is 16.2. The number of hydrogen-bond donors (Lipinski definition) is 1. The van der Waals surface area contributed by atoms with E-state index in [9.17, 15) is 18.0 Å². The van der Waals surface area contributed by atoms with Gasteiger partial charge in [-0.25, -0.2) is 9.97 Å². The van der Waals surface area contributed by atoms with Gasteiger partial charge in [-0.2, -0.15) is 23.4 Å². The van der Waals surface area contributed by atoms with Crippen molar-refractivity contribution < 1.29 is 18.0 Å². The van der Waals surface area contributed by atoms with Crippen LogP contribution in [-0.2, 0) is 6.18 Å². The van der Waals surface area contributed by atoms with Crippen LogP contribution in [0, 0.1) is 25.7 Å². The number of carbonyl (C=O) groups is 1. The lowest BCUT2D eigenvalue weighted by Gasteiger charge is -2.35.